The average molecular weight is 190 g/mol. The minimum Gasteiger partial charge on any atom is -0.374 e. The summed E-state index contributed by atoms with van der Waals surface area (Å²) in [6, 6.07) is 2.20. The van der Waals surface area contributed by atoms with Crippen molar-refractivity contribution in [1.82, 2.24) is 4.98 Å². The van der Waals surface area contributed by atoms with Gasteiger partial charge < -0.3 is 4.74 Å². The van der Waals surface area contributed by atoms with E-state index in [0.29, 0.717) is 5.56 Å². The molecule has 1 radical (unpaired) electrons. The zero-order valence-electron chi connectivity index (χ0n) is 6.80. The van der Waals surface area contributed by atoms with Crippen LogP contribution < -0.4 is 0 Å². The summed E-state index contributed by atoms with van der Waals surface area (Å²) in [6.45, 7) is 1.31. The molecule has 13 heavy (non-hydrogen) atoms. The number of nitrogens with zero attached hydrogens (tertiary/aromatic N) is 1. The van der Waals surface area contributed by atoms with Crippen LogP contribution in [0.1, 0.15) is 11.3 Å². The minimum atomic E-state index is -4.38. The Hall–Kier alpha value is -1.10. The van der Waals surface area contributed by atoms with E-state index >= 15 is 0 Å². The Morgan fingerprint density at radius 3 is 2.46 bits per heavy atom. The second-order valence-electron chi connectivity index (χ2n) is 2.33. The Labute approximate surface area is 73.4 Å². The molecule has 0 fully saturated rings. The van der Waals surface area contributed by atoms with Gasteiger partial charge >= 0.3 is 6.18 Å². The van der Waals surface area contributed by atoms with Gasteiger partial charge in [-0.05, 0) is 6.07 Å². The highest BCUT2D eigenvalue weighted by Crippen LogP contribution is 2.27. The number of aromatic nitrogens is 1. The molecule has 0 bridgehead atoms. The molecule has 71 valence electrons. The van der Waals surface area contributed by atoms with Crippen molar-refractivity contribution < 1.29 is 17.9 Å². The summed E-state index contributed by atoms with van der Waals surface area (Å²) >= 11 is 0. The molecule has 0 amide bonds. The van der Waals surface area contributed by atoms with Crippen LogP contribution in [0.3, 0.4) is 0 Å². The fraction of sp³-hybridized carbons (Fsp3) is 0.250. The van der Waals surface area contributed by atoms with Crippen LogP contribution in [0.5, 0.6) is 0 Å². The molecule has 0 N–H and O–H groups in total. The van der Waals surface area contributed by atoms with Gasteiger partial charge in [0.2, 0.25) is 0 Å². The quantitative estimate of drug-likeness (QED) is 0.713. The van der Waals surface area contributed by atoms with E-state index in [-0.39, 0.29) is 0 Å². The Balaban J connectivity index is 2.81. The standard InChI is InChI=1S/C8H7F3NO/c1-13-5-6-2-3-7(12-4-6)8(9,10)11/h2-5H,1H3. The lowest BCUT2D eigenvalue weighted by Gasteiger charge is -2.05. The molecule has 1 rings (SSSR count). The number of hydrogen-bond acceptors (Lipinski definition) is 2. The van der Waals surface area contributed by atoms with Gasteiger partial charge in [-0.15, -0.1) is 0 Å². The second kappa shape index (κ2) is 3.74. The molecule has 0 unspecified atom stereocenters. The largest absolute Gasteiger partial charge is 0.433 e. The van der Waals surface area contributed by atoms with Crippen molar-refractivity contribution in [3.63, 3.8) is 0 Å². The van der Waals surface area contributed by atoms with Crippen molar-refractivity contribution in [2.45, 2.75) is 6.18 Å². The van der Waals surface area contributed by atoms with Crippen molar-refractivity contribution >= 4 is 0 Å². The highest BCUT2D eigenvalue weighted by atomic mass is 19.4. The van der Waals surface area contributed by atoms with Gasteiger partial charge in [-0.2, -0.15) is 13.2 Å². The number of ether oxygens (including phenoxy) is 1. The molecule has 0 aliphatic heterocycles. The van der Waals surface area contributed by atoms with Crippen molar-refractivity contribution in [3.8, 4) is 0 Å². The SMILES string of the molecule is CO[CH]c1ccc(C(F)(F)F)nc1. The summed E-state index contributed by atoms with van der Waals surface area (Å²) in [5.41, 5.74) is -0.406. The van der Waals surface area contributed by atoms with Crippen LogP contribution >= 0.6 is 0 Å². The number of hydrogen-bond donors (Lipinski definition) is 0. The van der Waals surface area contributed by atoms with Crippen LogP contribution in [0.4, 0.5) is 13.2 Å². The zero-order chi connectivity index (χ0) is 9.90. The van der Waals surface area contributed by atoms with Gasteiger partial charge in [0.05, 0.1) is 0 Å². The Kier molecular flexibility index (Phi) is 2.87. The summed E-state index contributed by atoms with van der Waals surface area (Å²) in [7, 11) is 1.41. The first-order valence-electron chi connectivity index (χ1n) is 3.43. The van der Waals surface area contributed by atoms with Crippen LogP contribution in [-0.4, -0.2) is 12.1 Å². The lowest BCUT2D eigenvalue weighted by Crippen LogP contribution is -2.07. The van der Waals surface area contributed by atoms with Crippen molar-refractivity contribution in [3.05, 3.63) is 36.2 Å². The fourth-order valence-corrected chi connectivity index (χ4v) is 0.779. The van der Waals surface area contributed by atoms with Crippen LogP contribution in [0, 0.1) is 6.61 Å². The third-order valence-electron chi connectivity index (χ3n) is 1.33. The summed E-state index contributed by atoms with van der Waals surface area (Å²) in [6.07, 6.45) is -3.28. The molecule has 0 saturated carbocycles. The Morgan fingerprint density at radius 2 is 2.08 bits per heavy atom. The van der Waals surface area contributed by atoms with E-state index in [0.717, 1.165) is 12.3 Å². The molecule has 1 heterocycles. The van der Waals surface area contributed by atoms with Crippen molar-refractivity contribution in [1.29, 1.82) is 0 Å². The Morgan fingerprint density at radius 1 is 1.38 bits per heavy atom. The maximum atomic E-state index is 12.0. The van der Waals surface area contributed by atoms with E-state index in [1.807, 2.05) is 0 Å². The van der Waals surface area contributed by atoms with Crippen LogP contribution in [0.25, 0.3) is 0 Å². The first-order valence-corrected chi connectivity index (χ1v) is 3.43. The molecule has 0 saturated heterocycles. The number of pyridine rings is 1. The van der Waals surface area contributed by atoms with E-state index in [4.69, 9.17) is 0 Å². The lowest BCUT2D eigenvalue weighted by atomic mass is 10.2. The first kappa shape index (κ1) is 9.98. The summed E-state index contributed by atoms with van der Waals surface area (Å²) in [5, 5.41) is 0. The Bertz CT molecular complexity index is 268. The van der Waals surface area contributed by atoms with E-state index in [2.05, 4.69) is 9.72 Å². The van der Waals surface area contributed by atoms with E-state index < -0.39 is 11.9 Å². The van der Waals surface area contributed by atoms with Crippen molar-refractivity contribution in [2.24, 2.45) is 0 Å². The van der Waals surface area contributed by atoms with E-state index in [1.54, 1.807) is 0 Å². The van der Waals surface area contributed by atoms with Crippen LogP contribution in [0.15, 0.2) is 18.3 Å². The molecular formula is C8H7F3NO. The monoisotopic (exact) mass is 190 g/mol. The van der Waals surface area contributed by atoms with Gasteiger partial charge in [0.25, 0.3) is 0 Å². The molecule has 1 aromatic heterocycles. The average Bonchev–Trinajstić information content (AvgIpc) is 2.04. The first-order chi connectivity index (χ1) is 6.04. The number of rotatable bonds is 2. The van der Waals surface area contributed by atoms with E-state index in [9.17, 15) is 13.2 Å². The molecule has 2 nitrogen and oxygen atoms in total. The number of methoxy groups -OCH3 is 1. The molecule has 1 aromatic rings. The lowest BCUT2D eigenvalue weighted by molar-refractivity contribution is -0.141. The highest BCUT2D eigenvalue weighted by molar-refractivity contribution is 5.20. The molecule has 0 aliphatic rings. The maximum absolute atomic E-state index is 12.0. The topological polar surface area (TPSA) is 22.1 Å². The minimum absolute atomic E-state index is 0.496. The van der Waals surface area contributed by atoms with E-state index in [1.165, 1.54) is 19.8 Å². The van der Waals surface area contributed by atoms with Crippen LogP contribution in [-0.2, 0) is 10.9 Å². The maximum Gasteiger partial charge on any atom is 0.433 e. The van der Waals surface area contributed by atoms with Gasteiger partial charge in [-0.3, -0.25) is 4.98 Å². The molecule has 0 aromatic carbocycles. The van der Waals surface area contributed by atoms with Gasteiger partial charge in [0.15, 0.2) is 0 Å². The highest BCUT2D eigenvalue weighted by Gasteiger charge is 2.31. The fourth-order valence-electron chi connectivity index (χ4n) is 0.779. The van der Waals surface area contributed by atoms with Gasteiger partial charge in [-0.1, -0.05) is 6.07 Å². The third-order valence-corrected chi connectivity index (χ3v) is 1.33. The summed E-state index contributed by atoms with van der Waals surface area (Å²) in [4.78, 5) is 3.23. The van der Waals surface area contributed by atoms with Gasteiger partial charge in [-0.25, -0.2) is 0 Å². The third kappa shape index (κ3) is 2.69. The normalized spacial score (nSPS) is 11.7. The number of halogens is 3. The predicted octanol–water partition coefficient (Wildman–Crippen LogP) is 2.26. The zero-order valence-corrected chi connectivity index (χ0v) is 6.80. The van der Waals surface area contributed by atoms with Gasteiger partial charge in [0, 0.05) is 18.9 Å². The molecule has 5 heteroatoms. The summed E-state index contributed by atoms with van der Waals surface area (Å²) < 4.78 is 40.6. The molecule has 0 spiro atoms. The van der Waals surface area contributed by atoms with Crippen molar-refractivity contribution in [2.75, 3.05) is 7.11 Å². The molecular weight excluding hydrogens is 183 g/mol. The van der Waals surface area contributed by atoms with Gasteiger partial charge in [0.1, 0.15) is 12.3 Å². The second-order valence-corrected chi connectivity index (χ2v) is 2.33. The predicted molar refractivity (Wildman–Crippen MR) is 39.7 cm³/mol. The number of alkyl halides is 3. The smallest absolute Gasteiger partial charge is 0.374 e. The molecule has 0 aliphatic carbocycles. The molecule has 0 atom stereocenters. The van der Waals surface area contributed by atoms with Crippen LogP contribution in [0.2, 0.25) is 0 Å². The summed E-state index contributed by atoms with van der Waals surface area (Å²) in [5.74, 6) is 0.